The number of hydrogen-bond acceptors (Lipinski definition) is 3. The Kier molecular flexibility index (Phi) is 6.69. The molecule has 0 amide bonds. The number of esters is 1. The predicted octanol–water partition coefficient (Wildman–Crippen LogP) is 4.03. The van der Waals surface area contributed by atoms with Crippen molar-refractivity contribution in [2.45, 2.75) is 78.7 Å². The number of carboxylic acid groups (broad SMARTS) is 1. The number of rotatable bonds is 2. The van der Waals surface area contributed by atoms with Crippen LogP contribution in [0.5, 0.6) is 0 Å². The van der Waals surface area contributed by atoms with Crippen LogP contribution in [0, 0.1) is 17.3 Å². The first-order valence-corrected chi connectivity index (χ1v) is 8.12. The third-order valence-electron chi connectivity index (χ3n) is 4.59. The molecule has 2 rings (SSSR count). The van der Waals surface area contributed by atoms with Crippen LogP contribution >= 0.6 is 0 Å². The normalized spacial score (nSPS) is 26.1. The topological polar surface area (TPSA) is 63.6 Å². The van der Waals surface area contributed by atoms with Crippen molar-refractivity contribution < 1.29 is 19.4 Å². The first-order valence-electron chi connectivity index (χ1n) is 8.12. The van der Waals surface area contributed by atoms with Gasteiger partial charge in [-0.25, -0.2) is 0 Å². The molecule has 0 aliphatic heterocycles. The van der Waals surface area contributed by atoms with Crippen LogP contribution in [0.15, 0.2) is 0 Å². The summed E-state index contributed by atoms with van der Waals surface area (Å²) < 4.78 is 5.39. The summed E-state index contributed by atoms with van der Waals surface area (Å²) in [6, 6.07) is 0. The van der Waals surface area contributed by atoms with Crippen molar-refractivity contribution in [3.63, 3.8) is 0 Å². The summed E-state index contributed by atoms with van der Waals surface area (Å²) in [4.78, 5) is 20.9. The fourth-order valence-electron chi connectivity index (χ4n) is 3.10. The Morgan fingerprint density at radius 2 is 1.57 bits per heavy atom. The number of aliphatic carboxylic acids is 1. The molecule has 0 aromatic rings. The van der Waals surface area contributed by atoms with E-state index in [4.69, 9.17) is 9.84 Å². The Hall–Kier alpha value is -1.06. The number of carbonyl (C=O) groups is 2. The molecule has 0 spiro atoms. The van der Waals surface area contributed by atoms with E-state index in [0.29, 0.717) is 5.92 Å². The molecule has 2 aliphatic carbocycles. The molecular formula is C17H30O4. The summed E-state index contributed by atoms with van der Waals surface area (Å²) in [6.07, 6.45) is 7.77. The average Bonchev–Trinajstić information content (AvgIpc) is 2.24. The highest BCUT2D eigenvalue weighted by molar-refractivity contribution is 5.70. The summed E-state index contributed by atoms with van der Waals surface area (Å²) in [5.74, 6) is -0.224. The molecule has 2 saturated carbocycles. The molecule has 0 radical (unpaired) electrons. The van der Waals surface area contributed by atoms with E-state index in [-0.39, 0.29) is 23.4 Å². The zero-order valence-corrected chi connectivity index (χ0v) is 13.9. The highest BCUT2D eigenvalue weighted by atomic mass is 16.5. The van der Waals surface area contributed by atoms with E-state index in [2.05, 4.69) is 20.8 Å². The molecular weight excluding hydrogens is 268 g/mol. The number of hydrogen-bond donors (Lipinski definition) is 1. The zero-order valence-electron chi connectivity index (χ0n) is 13.9. The molecule has 4 heteroatoms. The van der Waals surface area contributed by atoms with E-state index in [1.807, 2.05) is 0 Å². The molecule has 1 N–H and O–H groups in total. The van der Waals surface area contributed by atoms with Gasteiger partial charge in [0.05, 0.1) is 5.92 Å². The van der Waals surface area contributed by atoms with Crippen LogP contribution in [0.25, 0.3) is 0 Å². The van der Waals surface area contributed by atoms with Crippen molar-refractivity contribution in [1.82, 2.24) is 0 Å². The van der Waals surface area contributed by atoms with Crippen molar-refractivity contribution >= 4 is 11.9 Å². The molecule has 0 heterocycles. The van der Waals surface area contributed by atoms with E-state index in [9.17, 15) is 9.59 Å². The van der Waals surface area contributed by atoms with E-state index in [1.165, 1.54) is 26.2 Å². The van der Waals surface area contributed by atoms with Crippen LogP contribution in [-0.2, 0) is 14.3 Å². The smallest absolute Gasteiger partial charge is 0.306 e. The summed E-state index contributed by atoms with van der Waals surface area (Å²) >= 11 is 0. The monoisotopic (exact) mass is 298 g/mol. The average molecular weight is 298 g/mol. The summed E-state index contributed by atoms with van der Waals surface area (Å²) in [5.41, 5.74) is 0.251. The van der Waals surface area contributed by atoms with E-state index >= 15 is 0 Å². The molecule has 4 nitrogen and oxygen atoms in total. The second kappa shape index (κ2) is 7.81. The van der Waals surface area contributed by atoms with Crippen LogP contribution in [0.1, 0.15) is 72.6 Å². The van der Waals surface area contributed by atoms with Crippen molar-refractivity contribution in [3.8, 4) is 0 Å². The van der Waals surface area contributed by atoms with Crippen molar-refractivity contribution in [3.05, 3.63) is 0 Å². The molecule has 0 aromatic carbocycles. The summed E-state index contributed by atoms with van der Waals surface area (Å²) in [6.45, 7) is 8.22. The fourth-order valence-corrected chi connectivity index (χ4v) is 3.10. The lowest BCUT2D eigenvalue weighted by atomic mass is 9.71. The van der Waals surface area contributed by atoms with Gasteiger partial charge in [0.2, 0.25) is 0 Å². The zero-order chi connectivity index (χ0) is 16.0. The van der Waals surface area contributed by atoms with Crippen LogP contribution in [0.3, 0.4) is 0 Å². The summed E-state index contributed by atoms with van der Waals surface area (Å²) in [7, 11) is 0. The first kappa shape index (κ1) is 18.0. The predicted molar refractivity (Wildman–Crippen MR) is 81.9 cm³/mol. The van der Waals surface area contributed by atoms with Crippen LogP contribution in [0.4, 0.5) is 0 Å². The van der Waals surface area contributed by atoms with E-state index in [1.54, 1.807) is 0 Å². The van der Waals surface area contributed by atoms with E-state index in [0.717, 1.165) is 25.7 Å². The fraction of sp³-hybridized carbons (Fsp3) is 0.882. The highest BCUT2D eigenvalue weighted by Crippen LogP contribution is 2.39. The van der Waals surface area contributed by atoms with Gasteiger partial charge >= 0.3 is 11.9 Å². The third kappa shape index (κ3) is 6.06. The lowest BCUT2D eigenvalue weighted by molar-refractivity contribution is -0.153. The lowest BCUT2D eigenvalue weighted by Crippen LogP contribution is -2.37. The maximum Gasteiger partial charge on any atom is 0.306 e. The highest BCUT2D eigenvalue weighted by Gasteiger charge is 2.35. The molecule has 0 bridgehead atoms. The molecule has 21 heavy (non-hydrogen) atoms. The van der Waals surface area contributed by atoms with Gasteiger partial charge in [-0.05, 0) is 37.5 Å². The molecule has 0 saturated heterocycles. The van der Waals surface area contributed by atoms with Crippen molar-refractivity contribution in [2.24, 2.45) is 17.3 Å². The standard InChI is InChI=1S/C12H22O2.C5H8O2/c1-9(13)14-11-8-6-5-7-10(11)12(2,3)4;6-5(7)4-2-1-3-4/h10-11H,5-8H2,1-4H3;4H,1-3H2,(H,6,7). The van der Waals surface area contributed by atoms with Gasteiger partial charge in [0, 0.05) is 12.8 Å². The quantitative estimate of drug-likeness (QED) is 0.782. The maximum absolute atomic E-state index is 11.0. The largest absolute Gasteiger partial charge is 0.481 e. The van der Waals surface area contributed by atoms with Gasteiger partial charge < -0.3 is 9.84 Å². The summed E-state index contributed by atoms with van der Waals surface area (Å²) in [5, 5.41) is 8.23. The Balaban J connectivity index is 0.000000262. The molecule has 2 atom stereocenters. The minimum absolute atomic E-state index is 0.000000000000000444. The SMILES string of the molecule is CC(=O)OC1CCCCC1C(C)(C)C.O=C(O)C1CCC1. The molecule has 2 fully saturated rings. The minimum atomic E-state index is -0.619. The van der Waals surface area contributed by atoms with Crippen molar-refractivity contribution in [2.75, 3.05) is 0 Å². The molecule has 2 unspecified atom stereocenters. The van der Waals surface area contributed by atoms with Gasteiger partial charge in [0.15, 0.2) is 0 Å². The van der Waals surface area contributed by atoms with Crippen molar-refractivity contribution in [1.29, 1.82) is 0 Å². The number of carbonyl (C=O) groups excluding carboxylic acids is 1. The van der Waals surface area contributed by atoms with Crippen LogP contribution in [0.2, 0.25) is 0 Å². The van der Waals surface area contributed by atoms with Gasteiger partial charge in [0.25, 0.3) is 0 Å². The Morgan fingerprint density at radius 1 is 1.00 bits per heavy atom. The lowest BCUT2D eigenvalue weighted by Gasteiger charge is -2.39. The van der Waals surface area contributed by atoms with Gasteiger partial charge in [-0.3, -0.25) is 9.59 Å². The second-order valence-electron chi connectivity index (χ2n) is 7.37. The van der Waals surface area contributed by atoms with Crippen LogP contribution in [-0.4, -0.2) is 23.1 Å². The van der Waals surface area contributed by atoms with Gasteiger partial charge in [0.1, 0.15) is 6.10 Å². The number of carboxylic acids is 1. The van der Waals surface area contributed by atoms with E-state index < -0.39 is 5.97 Å². The van der Waals surface area contributed by atoms with Gasteiger partial charge in [-0.15, -0.1) is 0 Å². The second-order valence-corrected chi connectivity index (χ2v) is 7.37. The Bertz CT molecular complexity index is 352. The Labute approximate surface area is 128 Å². The first-order chi connectivity index (χ1) is 9.71. The third-order valence-corrected chi connectivity index (χ3v) is 4.59. The maximum atomic E-state index is 11.0. The van der Waals surface area contributed by atoms with Gasteiger partial charge in [-0.1, -0.05) is 33.6 Å². The Morgan fingerprint density at radius 3 is 1.90 bits per heavy atom. The molecule has 2 aliphatic rings. The molecule has 122 valence electrons. The minimum Gasteiger partial charge on any atom is -0.481 e. The van der Waals surface area contributed by atoms with Gasteiger partial charge in [-0.2, -0.15) is 0 Å². The number of ether oxygens (including phenoxy) is 1. The van der Waals surface area contributed by atoms with Crippen LogP contribution < -0.4 is 0 Å². The molecule has 0 aromatic heterocycles.